The number of halogens is 1. The van der Waals surface area contributed by atoms with Crippen LogP contribution in [-0.2, 0) is 10.0 Å². The zero-order valence-corrected chi connectivity index (χ0v) is 14.4. The molecule has 0 saturated carbocycles. The number of nitrogens with one attached hydrogen (secondary N) is 1. The van der Waals surface area contributed by atoms with E-state index in [1.165, 1.54) is 24.3 Å². The van der Waals surface area contributed by atoms with Gasteiger partial charge in [-0.2, -0.15) is 8.42 Å². The first kappa shape index (κ1) is 16.4. The Morgan fingerprint density at radius 1 is 1.00 bits per heavy atom. The fraction of sp³-hybridized carbons (Fsp3) is 0.167. The van der Waals surface area contributed by atoms with Gasteiger partial charge >= 0.3 is 0 Å². The summed E-state index contributed by atoms with van der Waals surface area (Å²) < 4.78 is 41.8. The van der Waals surface area contributed by atoms with E-state index in [-0.39, 0.29) is 4.91 Å². The normalized spacial score (nSPS) is 16.2. The molecule has 0 unspecified atom stereocenters. The van der Waals surface area contributed by atoms with E-state index >= 15 is 0 Å². The van der Waals surface area contributed by atoms with Crippen LogP contribution in [0.25, 0.3) is 4.91 Å². The number of rotatable bonds is 2. The van der Waals surface area contributed by atoms with Gasteiger partial charge in [-0.3, -0.25) is 0 Å². The molecule has 2 aromatic rings. The standard InChI is InChI=1S/C18H17FN2O2S/c1-11-4-9-16(12(2)10-11)20-18-13(3)17(24(22,23)21-18)14-5-7-15(19)8-6-14/h4-10H,1-3H3,(H,20,21). The maximum atomic E-state index is 13.1. The van der Waals surface area contributed by atoms with Gasteiger partial charge in [0.1, 0.15) is 16.6 Å². The topological polar surface area (TPSA) is 58.5 Å². The van der Waals surface area contributed by atoms with Crippen LogP contribution in [0.2, 0.25) is 0 Å². The lowest BCUT2D eigenvalue weighted by Crippen LogP contribution is -2.12. The molecular formula is C18H17FN2O2S. The molecule has 1 aliphatic heterocycles. The molecule has 1 N–H and O–H groups in total. The van der Waals surface area contributed by atoms with Gasteiger partial charge in [0.25, 0.3) is 10.0 Å². The Morgan fingerprint density at radius 3 is 2.29 bits per heavy atom. The van der Waals surface area contributed by atoms with Gasteiger partial charge in [-0.05, 0) is 50.1 Å². The van der Waals surface area contributed by atoms with Crippen molar-refractivity contribution in [3.63, 3.8) is 0 Å². The maximum Gasteiger partial charge on any atom is 0.285 e. The van der Waals surface area contributed by atoms with E-state index in [0.29, 0.717) is 17.0 Å². The monoisotopic (exact) mass is 344 g/mol. The second-order valence-electron chi connectivity index (χ2n) is 5.82. The highest BCUT2D eigenvalue weighted by molar-refractivity contribution is 8.00. The van der Waals surface area contributed by atoms with Crippen LogP contribution in [0.3, 0.4) is 0 Å². The van der Waals surface area contributed by atoms with E-state index in [2.05, 4.69) is 9.71 Å². The fourth-order valence-corrected chi connectivity index (χ4v) is 4.13. The quantitative estimate of drug-likeness (QED) is 0.895. The number of benzene rings is 2. The summed E-state index contributed by atoms with van der Waals surface area (Å²) in [6.45, 7) is 5.63. The van der Waals surface area contributed by atoms with Crippen molar-refractivity contribution >= 4 is 26.5 Å². The number of hydrogen-bond donors (Lipinski definition) is 1. The molecule has 4 nitrogen and oxygen atoms in total. The Morgan fingerprint density at radius 2 is 1.67 bits per heavy atom. The lowest BCUT2D eigenvalue weighted by molar-refractivity contribution is 0.608. The van der Waals surface area contributed by atoms with Gasteiger partial charge < -0.3 is 5.32 Å². The van der Waals surface area contributed by atoms with Crippen molar-refractivity contribution in [2.24, 2.45) is 4.40 Å². The van der Waals surface area contributed by atoms with Crippen LogP contribution < -0.4 is 5.32 Å². The molecule has 0 spiro atoms. The lowest BCUT2D eigenvalue weighted by Gasteiger charge is -2.10. The highest BCUT2D eigenvalue weighted by Gasteiger charge is 2.31. The summed E-state index contributed by atoms with van der Waals surface area (Å²) in [5, 5.41) is 3.09. The van der Waals surface area contributed by atoms with E-state index in [0.717, 1.165) is 16.8 Å². The molecule has 6 heteroatoms. The molecule has 0 bridgehead atoms. The van der Waals surface area contributed by atoms with Crippen molar-refractivity contribution in [1.29, 1.82) is 0 Å². The average Bonchev–Trinajstić information content (AvgIpc) is 2.73. The molecule has 2 aromatic carbocycles. The van der Waals surface area contributed by atoms with Gasteiger partial charge in [0, 0.05) is 11.3 Å². The number of hydrogen-bond acceptors (Lipinski definition) is 3. The molecule has 0 fully saturated rings. The molecule has 0 saturated heterocycles. The predicted molar refractivity (Wildman–Crippen MR) is 94.9 cm³/mol. The summed E-state index contributed by atoms with van der Waals surface area (Å²) in [7, 11) is -3.81. The van der Waals surface area contributed by atoms with Gasteiger partial charge in [-0.25, -0.2) is 4.39 Å². The van der Waals surface area contributed by atoms with Gasteiger partial charge in [-0.15, -0.1) is 4.40 Å². The average molecular weight is 344 g/mol. The molecule has 24 heavy (non-hydrogen) atoms. The lowest BCUT2D eigenvalue weighted by atomic mass is 10.1. The highest BCUT2D eigenvalue weighted by Crippen LogP contribution is 2.33. The summed E-state index contributed by atoms with van der Waals surface area (Å²) in [5.74, 6) is -0.122. The molecule has 3 rings (SSSR count). The number of amidine groups is 1. The summed E-state index contributed by atoms with van der Waals surface area (Å²) >= 11 is 0. The second-order valence-corrected chi connectivity index (χ2v) is 7.36. The van der Waals surface area contributed by atoms with Crippen LogP contribution >= 0.6 is 0 Å². The van der Waals surface area contributed by atoms with Gasteiger partial charge in [0.15, 0.2) is 0 Å². The molecule has 124 valence electrons. The summed E-state index contributed by atoms with van der Waals surface area (Å²) in [4.78, 5) is 0.106. The van der Waals surface area contributed by atoms with Gasteiger partial charge in [0.05, 0.1) is 0 Å². The molecule has 0 aliphatic carbocycles. The Hall–Kier alpha value is -2.47. The zero-order chi connectivity index (χ0) is 17.5. The van der Waals surface area contributed by atoms with E-state index in [9.17, 15) is 12.8 Å². The number of sulfonamides is 1. The highest BCUT2D eigenvalue weighted by atomic mass is 32.2. The first-order valence-corrected chi connectivity index (χ1v) is 8.88. The zero-order valence-electron chi connectivity index (χ0n) is 13.6. The van der Waals surface area contributed by atoms with Crippen LogP contribution in [0.15, 0.2) is 52.4 Å². The van der Waals surface area contributed by atoms with E-state index in [4.69, 9.17) is 0 Å². The molecule has 0 atom stereocenters. The smallest absolute Gasteiger partial charge is 0.285 e. The third-order valence-electron chi connectivity index (χ3n) is 3.91. The third kappa shape index (κ3) is 2.97. The van der Waals surface area contributed by atoms with Gasteiger partial charge in [-0.1, -0.05) is 29.8 Å². The van der Waals surface area contributed by atoms with Crippen LogP contribution in [0.1, 0.15) is 23.6 Å². The molecule has 1 aliphatic rings. The van der Waals surface area contributed by atoms with Crippen LogP contribution in [0, 0.1) is 19.7 Å². The van der Waals surface area contributed by atoms with Crippen molar-refractivity contribution in [3.05, 3.63) is 70.5 Å². The van der Waals surface area contributed by atoms with E-state index in [1.54, 1.807) is 6.92 Å². The van der Waals surface area contributed by atoms with Crippen molar-refractivity contribution in [2.45, 2.75) is 20.8 Å². The number of nitrogens with zero attached hydrogens (tertiary/aromatic N) is 1. The van der Waals surface area contributed by atoms with Crippen molar-refractivity contribution in [2.75, 3.05) is 5.32 Å². The summed E-state index contributed by atoms with van der Waals surface area (Å²) in [6, 6.07) is 11.2. The first-order valence-electron chi connectivity index (χ1n) is 7.44. The van der Waals surface area contributed by atoms with Gasteiger partial charge in [0.2, 0.25) is 0 Å². The minimum atomic E-state index is -3.81. The van der Waals surface area contributed by atoms with Crippen molar-refractivity contribution in [3.8, 4) is 0 Å². The fourth-order valence-electron chi connectivity index (χ4n) is 2.70. The molecule has 0 aromatic heterocycles. The van der Waals surface area contributed by atoms with Crippen molar-refractivity contribution < 1.29 is 12.8 Å². The largest absolute Gasteiger partial charge is 0.339 e. The van der Waals surface area contributed by atoms with Crippen LogP contribution in [0.5, 0.6) is 0 Å². The Bertz CT molecular complexity index is 975. The van der Waals surface area contributed by atoms with Crippen molar-refractivity contribution in [1.82, 2.24) is 0 Å². The second kappa shape index (κ2) is 5.87. The van der Waals surface area contributed by atoms with Crippen LogP contribution in [0.4, 0.5) is 10.1 Å². The summed E-state index contributed by atoms with van der Waals surface area (Å²) in [6.07, 6.45) is 0. The van der Waals surface area contributed by atoms with Crippen LogP contribution in [-0.4, -0.2) is 14.3 Å². The van der Waals surface area contributed by atoms with E-state index in [1.807, 2.05) is 32.0 Å². The Balaban J connectivity index is 2.02. The minimum absolute atomic E-state index is 0.106. The summed E-state index contributed by atoms with van der Waals surface area (Å²) in [5.41, 5.74) is 3.86. The Labute approximate surface area is 140 Å². The maximum absolute atomic E-state index is 13.1. The third-order valence-corrected chi connectivity index (χ3v) is 5.39. The predicted octanol–water partition coefficient (Wildman–Crippen LogP) is 4.03. The Kier molecular flexibility index (Phi) is 4.01. The first-order chi connectivity index (χ1) is 11.3. The molecular weight excluding hydrogens is 327 g/mol. The molecule has 0 amide bonds. The minimum Gasteiger partial charge on any atom is -0.339 e. The van der Waals surface area contributed by atoms with E-state index < -0.39 is 15.8 Å². The SMILES string of the molecule is CC1=C(c2ccc(F)cc2)S(=O)(=O)N=C1Nc1ccc(C)cc1C. The molecule has 1 heterocycles. The number of aryl methyl sites for hydroxylation is 2. The molecule has 0 radical (unpaired) electrons. The number of anilines is 1.